The van der Waals surface area contributed by atoms with Crippen molar-refractivity contribution in [3.8, 4) is 0 Å². The van der Waals surface area contributed by atoms with Crippen molar-refractivity contribution in [2.75, 3.05) is 18.5 Å². The topological polar surface area (TPSA) is 84.5 Å². The molecule has 0 atom stereocenters. The van der Waals surface area contributed by atoms with Crippen LogP contribution in [-0.4, -0.2) is 30.9 Å². The molecule has 2 rings (SSSR count). The van der Waals surface area contributed by atoms with Crippen molar-refractivity contribution >= 4 is 41.1 Å². The molecule has 0 heterocycles. The fourth-order valence-electron chi connectivity index (χ4n) is 2.13. The van der Waals surface area contributed by atoms with Crippen molar-refractivity contribution in [1.29, 1.82) is 0 Å². The summed E-state index contributed by atoms with van der Waals surface area (Å²) in [6, 6.07) is 13.3. The van der Waals surface area contributed by atoms with Crippen molar-refractivity contribution in [2.45, 2.75) is 6.92 Å². The smallest absolute Gasteiger partial charge is 0.330 e. The predicted octanol–water partition coefficient (Wildman–Crippen LogP) is 3.28. The summed E-state index contributed by atoms with van der Waals surface area (Å²) in [6.07, 6.45) is 2.96. The third-order valence-corrected chi connectivity index (χ3v) is 3.62. The van der Waals surface area contributed by atoms with Crippen molar-refractivity contribution < 1.29 is 19.1 Å². The van der Waals surface area contributed by atoms with Gasteiger partial charge in [-0.25, -0.2) is 4.79 Å². The van der Waals surface area contributed by atoms with Gasteiger partial charge in [0.25, 0.3) is 5.91 Å². The van der Waals surface area contributed by atoms with Gasteiger partial charge in [0.1, 0.15) is 0 Å². The molecule has 2 N–H and O–H groups in total. The van der Waals surface area contributed by atoms with Crippen molar-refractivity contribution in [3.63, 3.8) is 0 Å². The molecule has 2 amide bonds. The molecule has 2 aromatic carbocycles. The quantitative estimate of drug-likeness (QED) is 0.565. The first-order valence-electron chi connectivity index (χ1n) is 8.26. The van der Waals surface area contributed by atoms with Gasteiger partial charge in [-0.15, -0.1) is 0 Å². The highest BCUT2D eigenvalue weighted by molar-refractivity contribution is 6.31. The number of carbonyl (C=O) groups excluding carboxylic acids is 3. The Balaban J connectivity index is 1.83. The normalized spacial score (nSPS) is 10.4. The van der Waals surface area contributed by atoms with E-state index in [4.69, 9.17) is 16.3 Å². The number of anilines is 1. The average Bonchev–Trinajstić information content (AvgIpc) is 2.66. The second kappa shape index (κ2) is 10.1. The Morgan fingerprint density at radius 3 is 2.52 bits per heavy atom. The zero-order valence-electron chi connectivity index (χ0n) is 14.7. The van der Waals surface area contributed by atoms with Crippen LogP contribution in [0.2, 0.25) is 5.02 Å². The molecule has 0 unspecified atom stereocenters. The minimum absolute atomic E-state index is 0.171. The molecule has 0 fully saturated rings. The molecule has 0 saturated heterocycles. The third kappa shape index (κ3) is 6.95. The van der Waals surface area contributed by atoms with Gasteiger partial charge in [-0.05, 0) is 48.9 Å². The van der Waals surface area contributed by atoms with E-state index in [2.05, 4.69) is 10.6 Å². The Bertz CT molecular complexity index is 847. The summed E-state index contributed by atoms with van der Waals surface area (Å²) in [5.41, 5.74) is 1.74. The van der Waals surface area contributed by atoms with Crippen LogP contribution < -0.4 is 10.6 Å². The lowest BCUT2D eigenvalue weighted by atomic mass is 10.2. The Morgan fingerprint density at radius 1 is 1.11 bits per heavy atom. The van der Waals surface area contributed by atoms with E-state index in [9.17, 15) is 14.4 Å². The number of hydrogen-bond donors (Lipinski definition) is 2. The summed E-state index contributed by atoms with van der Waals surface area (Å²) in [6.45, 7) is 1.89. The average molecular weight is 387 g/mol. The standard InChI is InChI=1S/C20H19ClN2O4/c1-2-27-19(25)11-8-14-6-9-17(10-7-14)23-18(24)13-22-20(26)15-4-3-5-16(21)12-15/h3-12H,2,13H2,1H3,(H,22,26)(H,23,24)/b11-8+. The number of esters is 1. The first-order valence-corrected chi connectivity index (χ1v) is 8.64. The van der Waals surface area contributed by atoms with Crippen LogP contribution in [0.3, 0.4) is 0 Å². The van der Waals surface area contributed by atoms with Crippen LogP contribution in [0.15, 0.2) is 54.6 Å². The van der Waals surface area contributed by atoms with Crippen molar-refractivity contribution in [3.05, 3.63) is 70.8 Å². The highest BCUT2D eigenvalue weighted by atomic mass is 35.5. The SMILES string of the molecule is CCOC(=O)/C=C/c1ccc(NC(=O)CNC(=O)c2cccc(Cl)c2)cc1. The van der Waals surface area contributed by atoms with Crippen LogP contribution in [0, 0.1) is 0 Å². The summed E-state index contributed by atoms with van der Waals surface area (Å²) >= 11 is 5.84. The van der Waals surface area contributed by atoms with E-state index in [0.717, 1.165) is 5.56 Å². The summed E-state index contributed by atoms with van der Waals surface area (Å²) < 4.78 is 4.80. The number of carbonyl (C=O) groups is 3. The van der Waals surface area contributed by atoms with Gasteiger partial charge in [0.15, 0.2) is 0 Å². The van der Waals surface area contributed by atoms with E-state index in [0.29, 0.717) is 22.9 Å². The van der Waals surface area contributed by atoms with Gasteiger partial charge in [-0.1, -0.05) is 29.8 Å². The summed E-state index contributed by atoms with van der Waals surface area (Å²) in [7, 11) is 0. The molecule has 0 spiro atoms. The minimum Gasteiger partial charge on any atom is -0.463 e. The van der Waals surface area contributed by atoms with Gasteiger partial charge in [0, 0.05) is 22.3 Å². The van der Waals surface area contributed by atoms with Gasteiger partial charge < -0.3 is 15.4 Å². The maximum absolute atomic E-state index is 12.0. The summed E-state index contributed by atoms with van der Waals surface area (Å²) in [5, 5.41) is 5.66. The number of rotatable bonds is 7. The maximum atomic E-state index is 12.0. The molecule has 2 aromatic rings. The minimum atomic E-state index is -0.412. The molecule has 0 radical (unpaired) electrons. The molecular formula is C20H19ClN2O4. The zero-order chi connectivity index (χ0) is 19.6. The lowest BCUT2D eigenvalue weighted by molar-refractivity contribution is -0.137. The lowest BCUT2D eigenvalue weighted by Gasteiger charge is -2.07. The van der Waals surface area contributed by atoms with Gasteiger partial charge in [0.2, 0.25) is 5.91 Å². The number of ether oxygens (including phenoxy) is 1. The number of amides is 2. The van der Waals surface area contributed by atoms with Crippen molar-refractivity contribution in [2.24, 2.45) is 0 Å². The van der Waals surface area contributed by atoms with Crippen molar-refractivity contribution in [1.82, 2.24) is 5.32 Å². The van der Waals surface area contributed by atoms with Crippen LogP contribution in [-0.2, 0) is 14.3 Å². The molecular weight excluding hydrogens is 368 g/mol. The van der Waals surface area contributed by atoms with Crippen LogP contribution in [0.1, 0.15) is 22.8 Å². The summed E-state index contributed by atoms with van der Waals surface area (Å²) in [4.78, 5) is 35.2. The lowest BCUT2D eigenvalue weighted by Crippen LogP contribution is -2.32. The zero-order valence-corrected chi connectivity index (χ0v) is 15.5. The van der Waals surface area contributed by atoms with E-state index < -0.39 is 5.97 Å². The molecule has 0 aromatic heterocycles. The van der Waals surface area contributed by atoms with Crippen LogP contribution in [0.5, 0.6) is 0 Å². The predicted molar refractivity (Wildman–Crippen MR) is 105 cm³/mol. The Morgan fingerprint density at radius 2 is 1.85 bits per heavy atom. The highest BCUT2D eigenvalue weighted by Gasteiger charge is 2.08. The molecule has 0 saturated carbocycles. The van der Waals surface area contributed by atoms with Crippen LogP contribution in [0.4, 0.5) is 5.69 Å². The monoisotopic (exact) mass is 386 g/mol. The maximum Gasteiger partial charge on any atom is 0.330 e. The second-order valence-electron chi connectivity index (χ2n) is 5.45. The Labute approximate surface area is 162 Å². The van der Waals surface area contributed by atoms with Crippen LogP contribution >= 0.6 is 11.6 Å². The Kier molecular flexibility index (Phi) is 7.58. The fourth-order valence-corrected chi connectivity index (χ4v) is 2.32. The number of halogens is 1. The first kappa shape index (κ1) is 20.2. The molecule has 140 valence electrons. The van der Waals surface area contributed by atoms with E-state index in [1.165, 1.54) is 12.1 Å². The van der Waals surface area contributed by atoms with E-state index in [1.54, 1.807) is 55.5 Å². The number of benzene rings is 2. The molecule has 0 aliphatic rings. The largest absolute Gasteiger partial charge is 0.463 e. The van der Waals surface area contributed by atoms with E-state index in [-0.39, 0.29) is 18.4 Å². The van der Waals surface area contributed by atoms with Gasteiger partial charge in [0.05, 0.1) is 13.2 Å². The third-order valence-electron chi connectivity index (χ3n) is 3.39. The second-order valence-corrected chi connectivity index (χ2v) is 5.89. The van der Waals surface area contributed by atoms with E-state index in [1.807, 2.05) is 0 Å². The molecule has 6 nitrogen and oxygen atoms in total. The van der Waals surface area contributed by atoms with Gasteiger partial charge >= 0.3 is 5.97 Å². The molecule has 7 heteroatoms. The molecule has 0 aliphatic heterocycles. The van der Waals surface area contributed by atoms with Gasteiger partial charge in [-0.3, -0.25) is 9.59 Å². The fraction of sp³-hybridized carbons (Fsp3) is 0.150. The molecule has 0 bridgehead atoms. The highest BCUT2D eigenvalue weighted by Crippen LogP contribution is 2.12. The number of hydrogen-bond acceptors (Lipinski definition) is 4. The molecule has 0 aliphatic carbocycles. The van der Waals surface area contributed by atoms with E-state index >= 15 is 0 Å². The molecule has 27 heavy (non-hydrogen) atoms. The number of nitrogens with one attached hydrogen (secondary N) is 2. The Hall–Kier alpha value is -3.12. The van der Waals surface area contributed by atoms with Gasteiger partial charge in [-0.2, -0.15) is 0 Å². The summed E-state index contributed by atoms with van der Waals surface area (Å²) in [5.74, 6) is -1.15. The van der Waals surface area contributed by atoms with Crippen LogP contribution in [0.25, 0.3) is 6.08 Å². The first-order chi connectivity index (χ1) is 13.0.